The van der Waals surface area contributed by atoms with Crippen LogP contribution in [0.5, 0.6) is 0 Å². The largest absolute Gasteiger partial charge is 0.298 e. The van der Waals surface area contributed by atoms with Crippen LogP contribution in [0, 0.1) is 0 Å². The van der Waals surface area contributed by atoms with Crippen LogP contribution in [0.25, 0.3) is 0 Å². The highest BCUT2D eigenvalue weighted by molar-refractivity contribution is 9.11. The van der Waals surface area contributed by atoms with Crippen molar-refractivity contribution >= 4 is 27.3 Å². The van der Waals surface area contributed by atoms with E-state index in [1.165, 1.54) is 34.8 Å². The molecular weight excluding hydrogens is 284 g/mol. The second-order valence-corrected chi connectivity index (χ2v) is 7.16. The van der Waals surface area contributed by atoms with Gasteiger partial charge in [-0.05, 0) is 41.9 Å². The molecule has 1 aromatic heterocycles. The van der Waals surface area contributed by atoms with E-state index in [-0.39, 0.29) is 0 Å². The molecule has 2 nitrogen and oxygen atoms in total. The minimum atomic E-state index is 0.693. The monoisotopic (exact) mass is 302 g/mol. The van der Waals surface area contributed by atoms with Crippen molar-refractivity contribution in [2.45, 2.75) is 26.4 Å². The van der Waals surface area contributed by atoms with E-state index in [1.54, 1.807) is 0 Å². The summed E-state index contributed by atoms with van der Waals surface area (Å²) < 4.78 is 1.24. The van der Waals surface area contributed by atoms with Crippen LogP contribution in [0.4, 0.5) is 0 Å². The van der Waals surface area contributed by atoms with E-state index in [9.17, 15) is 0 Å². The van der Waals surface area contributed by atoms with Crippen molar-refractivity contribution in [3.63, 3.8) is 0 Å². The second-order valence-electron chi connectivity index (χ2n) is 4.61. The molecule has 1 aromatic rings. The first kappa shape index (κ1) is 12.6. The first-order valence-corrected chi connectivity index (χ1v) is 7.47. The van der Waals surface area contributed by atoms with E-state index in [2.05, 4.69) is 51.7 Å². The zero-order valence-corrected chi connectivity index (χ0v) is 12.4. The van der Waals surface area contributed by atoms with E-state index >= 15 is 0 Å². The zero-order valence-electron chi connectivity index (χ0n) is 9.95. The van der Waals surface area contributed by atoms with Gasteiger partial charge < -0.3 is 0 Å². The molecule has 0 amide bonds. The summed E-state index contributed by atoms with van der Waals surface area (Å²) in [6.07, 6.45) is 0. The normalized spacial score (nSPS) is 19.5. The number of hydrogen-bond acceptors (Lipinski definition) is 3. The molecule has 0 atom stereocenters. The van der Waals surface area contributed by atoms with Crippen molar-refractivity contribution in [2.24, 2.45) is 0 Å². The summed E-state index contributed by atoms with van der Waals surface area (Å²) in [5.41, 5.74) is 0. The molecule has 1 aliphatic rings. The van der Waals surface area contributed by atoms with Crippen LogP contribution in [-0.2, 0) is 6.54 Å². The average molecular weight is 303 g/mol. The number of rotatable bonds is 3. The summed E-state index contributed by atoms with van der Waals surface area (Å²) in [5, 5.41) is 0. The molecule has 1 aliphatic heterocycles. The quantitative estimate of drug-likeness (QED) is 0.847. The van der Waals surface area contributed by atoms with Gasteiger partial charge in [0.25, 0.3) is 0 Å². The van der Waals surface area contributed by atoms with Crippen molar-refractivity contribution < 1.29 is 0 Å². The van der Waals surface area contributed by atoms with Crippen LogP contribution in [0.3, 0.4) is 0 Å². The molecule has 1 fully saturated rings. The number of thiophene rings is 1. The van der Waals surface area contributed by atoms with Gasteiger partial charge in [-0.1, -0.05) is 0 Å². The van der Waals surface area contributed by atoms with Gasteiger partial charge in [0, 0.05) is 43.6 Å². The van der Waals surface area contributed by atoms with Gasteiger partial charge in [-0.3, -0.25) is 9.80 Å². The lowest BCUT2D eigenvalue weighted by Crippen LogP contribution is -2.48. The van der Waals surface area contributed by atoms with E-state index in [1.807, 2.05) is 11.3 Å². The van der Waals surface area contributed by atoms with Gasteiger partial charge in [0.15, 0.2) is 0 Å². The summed E-state index contributed by atoms with van der Waals surface area (Å²) in [4.78, 5) is 6.57. The summed E-state index contributed by atoms with van der Waals surface area (Å²) in [6.45, 7) is 10.5. The molecular formula is C12H19BrN2S. The van der Waals surface area contributed by atoms with Gasteiger partial charge in [-0.2, -0.15) is 0 Å². The van der Waals surface area contributed by atoms with Crippen molar-refractivity contribution in [3.05, 3.63) is 20.8 Å². The SMILES string of the molecule is CC(C)N1CCN(Cc2ccc(Br)s2)CC1. The van der Waals surface area contributed by atoms with Gasteiger partial charge >= 0.3 is 0 Å². The van der Waals surface area contributed by atoms with Crippen LogP contribution in [-0.4, -0.2) is 42.0 Å². The van der Waals surface area contributed by atoms with Gasteiger partial charge in [-0.15, -0.1) is 11.3 Å². The lowest BCUT2D eigenvalue weighted by molar-refractivity contribution is 0.105. The maximum absolute atomic E-state index is 3.52. The molecule has 90 valence electrons. The highest BCUT2D eigenvalue weighted by atomic mass is 79.9. The van der Waals surface area contributed by atoms with Crippen molar-refractivity contribution in [3.8, 4) is 0 Å². The van der Waals surface area contributed by atoms with Crippen LogP contribution in [0.15, 0.2) is 15.9 Å². The van der Waals surface area contributed by atoms with E-state index in [0.717, 1.165) is 6.54 Å². The number of piperazine rings is 1. The minimum absolute atomic E-state index is 0.693. The van der Waals surface area contributed by atoms with E-state index < -0.39 is 0 Å². The van der Waals surface area contributed by atoms with Gasteiger partial charge in [0.1, 0.15) is 0 Å². The number of halogens is 1. The van der Waals surface area contributed by atoms with E-state index in [4.69, 9.17) is 0 Å². The number of nitrogens with zero attached hydrogens (tertiary/aromatic N) is 2. The molecule has 2 heterocycles. The third-order valence-corrected chi connectivity index (χ3v) is 4.75. The van der Waals surface area contributed by atoms with Crippen LogP contribution < -0.4 is 0 Å². The Morgan fingerprint density at radius 1 is 1.25 bits per heavy atom. The van der Waals surface area contributed by atoms with Crippen LogP contribution in [0.2, 0.25) is 0 Å². The maximum atomic E-state index is 3.52. The van der Waals surface area contributed by atoms with Crippen molar-refractivity contribution in [2.75, 3.05) is 26.2 Å². The van der Waals surface area contributed by atoms with Gasteiger partial charge in [0.05, 0.1) is 3.79 Å². The summed E-state index contributed by atoms with van der Waals surface area (Å²) in [5.74, 6) is 0. The molecule has 0 aromatic carbocycles. The average Bonchev–Trinajstić information content (AvgIpc) is 2.65. The fourth-order valence-electron chi connectivity index (χ4n) is 2.09. The third kappa shape index (κ3) is 3.29. The Morgan fingerprint density at radius 2 is 1.94 bits per heavy atom. The molecule has 16 heavy (non-hydrogen) atoms. The van der Waals surface area contributed by atoms with Gasteiger partial charge in [-0.25, -0.2) is 0 Å². The maximum Gasteiger partial charge on any atom is 0.0701 e. The summed E-state index contributed by atoms with van der Waals surface area (Å²) in [7, 11) is 0. The smallest absolute Gasteiger partial charge is 0.0701 e. The lowest BCUT2D eigenvalue weighted by atomic mass is 10.2. The zero-order chi connectivity index (χ0) is 11.5. The standard InChI is InChI=1S/C12H19BrN2S/c1-10(2)15-7-5-14(6-8-15)9-11-3-4-12(13)16-11/h3-4,10H,5-9H2,1-2H3. The topological polar surface area (TPSA) is 6.48 Å². The molecule has 0 aliphatic carbocycles. The number of hydrogen-bond donors (Lipinski definition) is 0. The van der Waals surface area contributed by atoms with Crippen molar-refractivity contribution in [1.82, 2.24) is 9.80 Å². The fourth-order valence-corrected chi connectivity index (χ4v) is 3.62. The van der Waals surface area contributed by atoms with Crippen LogP contribution >= 0.6 is 27.3 Å². The summed E-state index contributed by atoms with van der Waals surface area (Å²) >= 11 is 5.37. The molecule has 0 spiro atoms. The van der Waals surface area contributed by atoms with Gasteiger partial charge in [0.2, 0.25) is 0 Å². The molecule has 0 saturated carbocycles. The minimum Gasteiger partial charge on any atom is -0.298 e. The molecule has 4 heteroatoms. The molecule has 0 unspecified atom stereocenters. The third-order valence-electron chi connectivity index (χ3n) is 3.15. The van der Waals surface area contributed by atoms with E-state index in [0.29, 0.717) is 6.04 Å². The molecule has 0 N–H and O–H groups in total. The molecule has 0 bridgehead atoms. The lowest BCUT2D eigenvalue weighted by Gasteiger charge is -2.36. The highest BCUT2D eigenvalue weighted by Gasteiger charge is 2.18. The molecule has 1 saturated heterocycles. The first-order chi connectivity index (χ1) is 7.65. The Morgan fingerprint density at radius 3 is 2.44 bits per heavy atom. The first-order valence-electron chi connectivity index (χ1n) is 5.86. The Labute approximate surface area is 110 Å². The summed E-state index contributed by atoms with van der Waals surface area (Å²) in [6, 6.07) is 5.06. The molecule has 2 rings (SSSR count). The predicted molar refractivity (Wildman–Crippen MR) is 74.0 cm³/mol. The second kappa shape index (κ2) is 5.63. The van der Waals surface area contributed by atoms with Crippen molar-refractivity contribution in [1.29, 1.82) is 0 Å². The van der Waals surface area contributed by atoms with Crippen LogP contribution in [0.1, 0.15) is 18.7 Å². The Kier molecular flexibility index (Phi) is 4.41. The Hall–Kier alpha value is 0.1000. The molecule has 0 radical (unpaired) electrons. The Bertz CT molecular complexity index is 330. The highest BCUT2D eigenvalue weighted by Crippen LogP contribution is 2.23. The Balaban J connectivity index is 1.81. The predicted octanol–water partition coefficient (Wildman–Crippen LogP) is 3.04. The fraction of sp³-hybridized carbons (Fsp3) is 0.667.